The van der Waals surface area contributed by atoms with E-state index < -0.39 is 16.0 Å². The van der Waals surface area contributed by atoms with Gasteiger partial charge in [0.25, 0.3) is 0 Å². The summed E-state index contributed by atoms with van der Waals surface area (Å²) in [5.74, 6) is -1.15. The lowest BCUT2D eigenvalue weighted by molar-refractivity contribution is 0.0697. The summed E-state index contributed by atoms with van der Waals surface area (Å²) in [4.78, 5) is 12.1. The molecular weight excluding hydrogens is 298 g/mol. The SMILES string of the molecule is CN(C)S(=O)(=O)c1ccc(-c2cccs2)c(C(=O)O)c1. The molecule has 0 radical (unpaired) electrons. The van der Waals surface area contributed by atoms with Crippen molar-refractivity contribution in [2.45, 2.75) is 4.90 Å². The molecule has 106 valence electrons. The first-order valence-electron chi connectivity index (χ1n) is 5.68. The molecule has 0 aliphatic rings. The Bertz CT molecular complexity index is 734. The van der Waals surface area contributed by atoms with Gasteiger partial charge in [-0.1, -0.05) is 12.1 Å². The fraction of sp³-hybridized carbons (Fsp3) is 0.154. The van der Waals surface area contributed by atoms with Gasteiger partial charge in [-0.15, -0.1) is 11.3 Å². The van der Waals surface area contributed by atoms with Crippen molar-refractivity contribution in [3.05, 3.63) is 41.3 Å². The van der Waals surface area contributed by atoms with Crippen molar-refractivity contribution in [3.8, 4) is 10.4 Å². The van der Waals surface area contributed by atoms with Crippen LogP contribution >= 0.6 is 11.3 Å². The van der Waals surface area contributed by atoms with Crippen LogP contribution in [0, 0.1) is 0 Å². The monoisotopic (exact) mass is 311 g/mol. The van der Waals surface area contributed by atoms with E-state index in [2.05, 4.69) is 0 Å². The summed E-state index contributed by atoms with van der Waals surface area (Å²) in [6.45, 7) is 0. The second kappa shape index (κ2) is 5.35. The van der Waals surface area contributed by atoms with Gasteiger partial charge < -0.3 is 5.11 Å². The molecule has 1 heterocycles. The number of aromatic carboxylic acids is 1. The van der Waals surface area contributed by atoms with E-state index in [1.807, 2.05) is 11.4 Å². The zero-order chi connectivity index (χ0) is 14.9. The molecule has 1 aromatic heterocycles. The van der Waals surface area contributed by atoms with Crippen molar-refractivity contribution >= 4 is 27.3 Å². The first-order valence-corrected chi connectivity index (χ1v) is 8.00. The Morgan fingerprint density at radius 3 is 2.45 bits per heavy atom. The van der Waals surface area contributed by atoms with Crippen LogP contribution < -0.4 is 0 Å². The second-order valence-electron chi connectivity index (χ2n) is 4.28. The molecule has 5 nitrogen and oxygen atoms in total. The summed E-state index contributed by atoms with van der Waals surface area (Å²) in [6, 6.07) is 7.78. The topological polar surface area (TPSA) is 74.7 Å². The molecule has 1 N–H and O–H groups in total. The van der Waals surface area contributed by atoms with E-state index in [0.717, 1.165) is 9.18 Å². The maximum atomic E-state index is 12.0. The van der Waals surface area contributed by atoms with Crippen molar-refractivity contribution in [1.29, 1.82) is 0 Å². The molecule has 0 unspecified atom stereocenters. The number of thiophene rings is 1. The fourth-order valence-corrected chi connectivity index (χ4v) is 3.41. The molecule has 0 aliphatic heterocycles. The standard InChI is InChI=1S/C13H13NO4S2/c1-14(2)20(17,18)9-5-6-10(11(8-9)13(15)16)12-4-3-7-19-12/h3-8H,1-2H3,(H,15,16). The Kier molecular flexibility index (Phi) is 3.94. The normalized spacial score (nSPS) is 11.8. The highest BCUT2D eigenvalue weighted by Gasteiger charge is 2.21. The van der Waals surface area contributed by atoms with Gasteiger partial charge in [0, 0.05) is 24.5 Å². The van der Waals surface area contributed by atoms with Gasteiger partial charge in [-0.2, -0.15) is 0 Å². The molecule has 2 rings (SSSR count). The van der Waals surface area contributed by atoms with Crippen molar-refractivity contribution in [2.75, 3.05) is 14.1 Å². The lowest BCUT2D eigenvalue weighted by atomic mass is 10.1. The average molecular weight is 311 g/mol. The quantitative estimate of drug-likeness (QED) is 0.940. The van der Waals surface area contributed by atoms with E-state index in [1.165, 1.54) is 43.6 Å². The van der Waals surface area contributed by atoms with Crippen LogP contribution in [0.2, 0.25) is 0 Å². The highest BCUT2D eigenvalue weighted by Crippen LogP contribution is 2.30. The lowest BCUT2D eigenvalue weighted by Gasteiger charge is -2.13. The number of carbonyl (C=O) groups is 1. The minimum Gasteiger partial charge on any atom is -0.478 e. The number of carboxylic acids is 1. The number of sulfonamides is 1. The van der Waals surface area contributed by atoms with Gasteiger partial charge in [-0.05, 0) is 23.6 Å². The first-order chi connectivity index (χ1) is 9.34. The van der Waals surface area contributed by atoms with Gasteiger partial charge in [0.2, 0.25) is 10.0 Å². The molecule has 1 aromatic carbocycles. The largest absolute Gasteiger partial charge is 0.478 e. The second-order valence-corrected chi connectivity index (χ2v) is 7.38. The van der Waals surface area contributed by atoms with E-state index in [4.69, 9.17) is 0 Å². The number of benzene rings is 1. The van der Waals surface area contributed by atoms with E-state index in [9.17, 15) is 18.3 Å². The molecule has 0 spiro atoms. The zero-order valence-electron chi connectivity index (χ0n) is 10.9. The van der Waals surface area contributed by atoms with Crippen molar-refractivity contribution in [3.63, 3.8) is 0 Å². The van der Waals surface area contributed by atoms with Gasteiger partial charge >= 0.3 is 5.97 Å². The maximum Gasteiger partial charge on any atom is 0.336 e. The van der Waals surface area contributed by atoms with Gasteiger partial charge in [0.05, 0.1) is 10.5 Å². The first kappa shape index (κ1) is 14.7. The Morgan fingerprint density at radius 1 is 1.25 bits per heavy atom. The highest BCUT2D eigenvalue weighted by molar-refractivity contribution is 7.89. The summed E-state index contributed by atoms with van der Waals surface area (Å²) in [5, 5.41) is 11.1. The van der Waals surface area contributed by atoms with E-state index in [1.54, 1.807) is 6.07 Å². The summed E-state index contributed by atoms with van der Waals surface area (Å²) in [7, 11) is -0.834. The van der Waals surface area contributed by atoms with E-state index in [-0.39, 0.29) is 10.5 Å². The summed E-state index contributed by atoms with van der Waals surface area (Å²) >= 11 is 1.40. The predicted molar refractivity (Wildman–Crippen MR) is 77.6 cm³/mol. The highest BCUT2D eigenvalue weighted by atomic mass is 32.2. The van der Waals surface area contributed by atoms with Crippen molar-refractivity contribution < 1.29 is 18.3 Å². The molecule has 20 heavy (non-hydrogen) atoms. The number of nitrogens with zero attached hydrogens (tertiary/aromatic N) is 1. The van der Waals surface area contributed by atoms with Crippen LogP contribution in [-0.4, -0.2) is 37.9 Å². The number of hydrogen-bond acceptors (Lipinski definition) is 4. The van der Waals surface area contributed by atoms with E-state index in [0.29, 0.717) is 5.56 Å². The third-order valence-electron chi connectivity index (χ3n) is 2.79. The van der Waals surface area contributed by atoms with E-state index >= 15 is 0 Å². The molecule has 7 heteroatoms. The molecule has 0 bridgehead atoms. The fourth-order valence-electron chi connectivity index (χ4n) is 1.72. The van der Waals surface area contributed by atoms with Gasteiger partial charge in [0.15, 0.2) is 0 Å². The molecule has 0 atom stereocenters. The number of hydrogen-bond donors (Lipinski definition) is 1. The minimum absolute atomic E-state index is 0.0182. The Balaban J connectivity index is 2.64. The van der Waals surface area contributed by atoms with Gasteiger partial charge in [-0.3, -0.25) is 0 Å². The lowest BCUT2D eigenvalue weighted by Crippen LogP contribution is -2.22. The smallest absolute Gasteiger partial charge is 0.336 e. The number of carboxylic acid groups (broad SMARTS) is 1. The van der Waals surface area contributed by atoms with Crippen molar-refractivity contribution in [2.24, 2.45) is 0 Å². The Hall–Kier alpha value is -1.70. The molecular formula is C13H13NO4S2. The van der Waals surface area contributed by atoms with Gasteiger partial charge in [0.1, 0.15) is 0 Å². The molecule has 0 aliphatic carbocycles. The third-order valence-corrected chi connectivity index (χ3v) is 5.50. The number of rotatable bonds is 4. The van der Waals surface area contributed by atoms with Crippen LogP contribution in [0.4, 0.5) is 0 Å². The predicted octanol–water partition coefficient (Wildman–Crippen LogP) is 2.36. The minimum atomic E-state index is -3.65. The third kappa shape index (κ3) is 2.60. The van der Waals surface area contributed by atoms with Crippen LogP contribution in [0.1, 0.15) is 10.4 Å². The van der Waals surface area contributed by atoms with Crippen molar-refractivity contribution in [1.82, 2.24) is 4.31 Å². The molecule has 2 aromatic rings. The summed E-state index contributed by atoms with van der Waals surface area (Å²) in [6.07, 6.45) is 0. The zero-order valence-corrected chi connectivity index (χ0v) is 12.5. The van der Waals surface area contributed by atoms with Crippen LogP contribution in [0.5, 0.6) is 0 Å². The molecule has 0 saturated carbocycles. The van der Waals surface area contributed by atoms with Gasteiger partial charge in [-0.25, -0.2) is 17.5 Å². The van der Waals surface area contributed by atoms with Crippen LogP contribution in [0.25, 0.3) is 10.4 Å². The Morgan fingerprint density at radius 2 is 1.95 bits per heavy atom. The average Bonchev–Trinajstić information content (AvgIpc) is 2.91. The maximum absolute atomic E-state index is 12.0. The van der Waals surface area contributed by atoms with Crippen LogP contribution in [0.3, 0.4) is 0 Å². The van der Waals surface area contributed by atoms with Crippen LogP contribution in [-0.2, 0) is 10.0 Å². The molecule has 0 amide bonds. The molecule has 0 fully saturated rings. The Labute approximate surface area is 121 Å². The van der Waals surface area contributed by atoms with Crippen LogP contribution in [0.15, 0.2) is 40.6 Å². The summed E-state index contributed by atoms with van der Waals surface area (Å²) in [5.41, 5.74) is 0.501. The molecule has 0 saturated heterocycles. The summed E-state index contributed by atoms with van der Waals surface area (Å²) < 4.78 is 25.1.